The summed E-state index contributed by atoms with van der Waals surface area (Å²) in [7, 11) is 0. The third-order valence-electron chi connectivity index (χ3n) is 4.09. The molecule has 3 rings (SSSR count). The summed E-state index contributed by atoms with van der Waals surface area (Å²) in [5.74, 6) is -0.0147. The van der Waals surface area contributed by atoms with Gasteiger partial charge in [0.15, 0.2) is 0 Å². The number of ether oxygens (including phenoxy) is 1. The number of hydrogen-bond donors (Lipinski definition) is 1. The zero-order chi connectivity index (χ0) is 13.2. The molecule has 4 heteroatoms. The molecule has 2 aliphatic heterocycles. The summed E-state index contributed by atoms with van der Waals surface area (Å²) in [5.41, 5.74) is 1.14. The molecule has 19 heavy (non-hydrogen) atoms. The summed E-state index contributed by atoms with van der Waals surface area (Å²) in [6.45, 7) is 2.51. The zero-order valence-electron chi connectivity index (χ0n) is 11.0. The van der Waals surface area contributed by atoms with Gasteiger partial charge < -0.3 is 10.1 Å². The molecule has 1 N–H and O–H groups in total. The molecule has 0 aromatic heterocycles. The molecule has 1 atom stereocenters. The highest BCUT2D eigenvalue weighted by Gasteiger charge is 2.25. The van der Waals surface area contributed by atoms with Gasteiger partial charge in [-0.2, -0.15) is 0 Å². The van der Waals surface area contributed by atoms with E-state index in [1.165, 1.54) is 0 Å². The average Bonchev–Trinajstić information content (AvgIpc) is 2.45. The molecule has 2 heterocycles. The van der Waals surface area contributed by atoms with E-state index in [2.05, 4.69) is 5.32 Å². The van der Waals surface area contributed by atoms with Crippen LogP contribution in [-0.4, -0.2) is 19.7 Å². The Bertz CT molecular complexity index is 470. The van der Waals surface area contributed by atoms with Crippen molar-refractivity contribution in [2.45, 2.75) is 32.1 Å². The Kier molecular flexibility index (Phi) is 3.69. The van der Waals surface area contributed by atoms with Crippen molar-refractivity contribution in [3.63, 3.8) is 0 Å². The first kappa shape index (κ1) is 12.9. The van der Waals surface area contributed by atoms with Gasteiger partial charge >= 0.3 is 0 Å². The lowest BCUT2D eigenvalue weighted by Crippen LogP contribution is -2.31. The fourth-order valence-electron chi connectivity index (χ4n) is 3.09. The molecule has 0 aliphatic carbocycles. The molecule has 1 unspecified atom stereocenters. The quantitative estimate of drug-likeness (QED) is 0.889. The second-order valence-corrected chi connectivity index (χ2v) is 5.49. The van der Waals surface area contributed by atoms with E-state index in [-0.39, 0.29) is 0 Å². The molecule has 0 radical (unpaired) electrons. The van der Waals surface area contributed by atoms with E-state index < -0.39 is 11.6 Å². The van der Waals surface area contributed by atoms with Gasteiger partial charge in [0.2, 0.25) is 0 Å². The average molecular weight is 267 g/mol. The van der Waals surface area contributed by atoms with Gasteiger partial charge in [0, 0.05) is 17.2 Å². The number of fused-ring (bicyclic) bond motifs is 1. The van der Waals surface area contributed by atoms with Crippen molar-refractivity contribution < 1.29 is 13.5 Å². The number of piperidine rings is 1. The molecule has 1 saturated heterocycles. The Morgan fingerprint density at radius 3 is 2.95 bits per heavy atom. The Morgan fingerprint density at radius 2 is 2.16 bits per heavy atom. The summed E-state index contributed by atoms with van der Waals surface area (Å²) in [4.78, 5) is 0. The number of benzene rings is 1. The molecule has 0 spiro atoms. The highest BCUT2D eigenvalue weighted by molar-refractivity contribution is 5.45. The lowest BCUT2D eigenvalue weighted by Gasteiger charge is -2.26. The van der Waals surface area contributed by atoms with Crippen LogP contribution in [0.3, 0.4) is 0 Å². The summed E-state index contributed by atoms with van der Waals surface area (Å²) >= 11 is 0. The van der Waals surface area contributed by atoms with E-state index in [4.69, 9.17) is 4.74 Å². The van der Waals surface area contributed by atoms with Crippen molar-refractivity contribution in [1.29, 1.82) is 0 Å². The van der Waals surface area contributed by atoms with Gasteiger partial charge in [-0.3, -0.25) is 0 Å². The predicted molar refractivity (Wildman–Crippen MR) is 69.5 cm³/mol. The van der Waals surface area contributed by atoms with E-state index >= 15 is 0 Å². The SMILES string of the molecule is Fc1cc(F)c(CC2CCCNC2)c2c1CCCO2. The molecule has 1 aromatic rings. The van der Waals surface area contributed by atoms with Crippen LogP contribution >= 0.6 is 0 Å². The van der Waals surface area contributed by atoms with E-state index in [1.807, 2.05) is 0 Å². The van der Waals surface area contributed by atoms with Crippen LogP contribution in [0.1, 0.15) is 30.4 Å². The van der Waals surface area contributed by atoms with Crippen LogP contribution in [0.15, 0.2) is 6.07 Å². The number of halogens is 2. The second-order valence-electron chi connectivity index (χ2n) is 5.49. The highest BCUT2D eigenvalue weighted by atomic mass is 19.1. The minimum absolute atomic E-state index is 0.420. The first-order chi connectivity index (χ1) is 9.25. The first-order valence-corrected chi connectivity index (χ1v) is 7.09. The molecule has 0 saturated carbocycles. The van der Waals surface area contributed by atoms with E-state index in [1.54, 1.807) is 0 Å². The smallest absolute Gasteiger partial charge is 0.133 e. The van der Waals surface area contributed by atoms with Crippen molar-refractivity contribution in [3.05, 3.63) is 28.8 Å². The monoisotopic (exact) mass is 267 g/mol. The van der Waals surface area contributed by atoms with Crippen molar-refractivity contribution in [2.75, 3.05) is 19.7 Å². The minimum Gasteiger partial charge on any atom is -0.493 e. The summed E-state index contributed by atoms with van der Waals surface area (Å²) in [6.07, 6.45) is 4.31. The van der Waals surface area contributed by atoms with Crippen LogP contribution in [0, 0.1) is 17.6 Å². The van der Waals surface area contributed by atoms with Crippen LogP contribution in [0.4, 0.5) is 8.78 Å². The van der Waals surface area contributed by atoms with Crippen molar-refractivity contribution in [2.24, 2.45) is 5.92 Å². The fourth-order valence-corrected chi connectivity index (χ4v) is 3.09. The van der Waals surface area contributed by atoms with E-state index in [0.717, 1.165) is 38.4 Å². The Labute approximate surface area is 112 Å². The van der Waals surface area contributed by atoms with Crippen molar-refractivity contribution >= 4 is 0 Å². The standard InChI is InChI=1S/C15H19F2NO/c16-13-8-14(17)12(7-10-3-1-5-18-9-10)15-11(13)4-2-6-19-15/h8,10,18H,1-7,9H2. The zero-order valence-corrected chi connectivity index (χ0v) is 11.0. The molecular weight excluding hydrogens is 248 g/mol. The largest absolute Gasteiger partial charge is 0.493 e. The molecule has 2 aliphatic rings. The van der Waals surface area contributed by atoms with Crippen LogP contribution in [-0.2, 0) is 12.8 Å². The third kappa shape index (κ3) is 2.59. The van der Waals surface area contributed by atoms with Crippen LogP contribution < -0.4 is 10.1 Å². The molecule has 2 nitrogen and oxygen atoms in total. The molecular formula is C15H19F2NO. The lowest BCUT2D eigenvalue weighted by molar-refractivity contribution is 0.273. The van der Waals surface area contributed by atoms with Gasteiger partial charge in [-0.15, -0.1) is 0 Å². The lowest BCUT2D eigenvalue weighted by atomic mass is 9.89. The van der Waals surface area contributed by atoms with Crippen LogP contribution in [0.2, 0.25) is 0 Å². The van der Waals surface area contributed by atoms with Crippen LogP contribution in [0.5, 0.6) is 5.75 Å². The molecule has 0 amide bonds. The van der Waals surface area contributed by atoms with Crippen LogP contribution in [0.25, 0.3) is 0 Å². The number of nitrogens with one attached hydrogen (secondary N) is 1. The summed E-state index contributed by atoms with van der Waals surface area (Å²) in [6, 6.07) is 1.03. The number of rotatable bonds is 2. The maximum absolute atomic E-state index is 14.1. The van der Waals surface area contributed by atoms with Gasteiger partial charge in [0.05, 0.1) is 6.61 Å². The van der Waals surface area contributed by atoms with Gasteiger partial charge in [0.1, 0.15) is 17.4 Å². The topological polar surface area (TPSA) is 21.3 Å². The highest BCUT2D eigenvalue weighted by Crippen LogP contribution is 2.35. The van der Waals surface area contributed by atoms with Gasteiger partial charge in [-0.25, -0.2) is 8.78 Å². The fraction of sp³-hybridized carbons (Fsp3) is 0.600. The molecule has 0 bridgehead atoms. The Balaban J connectivity index is 1.90. The normalized spacial score (nSPS) is 22.7. The second kappa shape index (κ2) is 5.45. The van der Waals surface area contributed by atoms with E-state index in [0.29, 0.717) is 42.2 Å². The van der Waals surface area contributed by atoms with Gasteiger partial charge in [-0.05, 0) is 51.1 Å². The van der Waals surface area contributed by atoms with Crippen molar-refractivity contribution in [3.8, 4) is 5.75 Å². The first-order valence-electron chi connectivity index (χ1n) is 7.09. The Morgan fingerprint density at radius 1 is 1.26 bits per heavy atom. The maximum atomic E-state index is 14.1. The summed E-state index contributed by atoms with van der Waals surface area (Å²) < 4.78 is 33.4. The van der Waals surface area contributed by atoms with Crippen molar-refractivity contribution in [1.82, 2.24) is 5.32 Å². The molecule has 104 valence electrons. The third-order valence-corrected chi connectivity index (χ3v) is 4.09. The summed E-state index contributed by atoms with van der Waals surface area (Å²) in [5, 5.41) is 3.33. The van der Waals surface area contributed by atoms with Gasteiger partial charge in [0.25, 0.3) is 0 Å². The maximum Gasteiger partial charge on any atom is 0.133 e. The molecule has 1 aromatic carbocycles. The predicted octanol–water partition coefficient (Wildman–Crippen LogP) is 2.83. The molecule has 1 fully saturated rings. The number of hydrogen-bond acceptors (Lipinski definition) is 2. The van der Waals surface area contributed by atoms with Gasteiger partial charge in [-0.1, -0.05) is 0 Å². The minimum atomic E-state index is -0.460. The van der Waals surface area contributed by atoms with E-state index in [9.17, 15) is 8.78 Å². The Hall–Kier alpha value is -1.16.